The predicted octanol–water partition coefficient (Wildman–Crippen LogP) is 1.42. The Balaban J connectivity index is 2.46. The van der Waals surface area contributed by atoms with Crippen molar-refractivity contribution in [1.82, 2.24) is 10.2 Å². The van der Waals surface area contributed by atoms with Crippen molar-refractivity contribution in [1.29, 1.82) is 0 Å². The highest BCUT2D eigenvalue weighted by atomic mass is 16.3. The van der Waals surface area contributed by atoms with Crippen molar-refractivity contribution in [3.63, 3.8) is 0 Å². The standard InChI is InChI=1S/C13H21N3O2/c1-10(17)11-5-4-6-12(9-11)15-13(18)14-7-8-16(2)3/h4-6,9-10,17H,7-8H2,1-3H3,(H2,14,15,18). The Labute approximate surface area is 108 Å². The van der Waals surface area contributed by atoms with E-state index < -0.39 is 6.10 Å². The van der Waals surface area contributed by atoms with E-state index in [1.165, 1.54) is 0 Å². The summed E-state index contributed by atoms with van der Waals surface area (Å²) in [5.41, 5.74) is 1.46. The molecular weight excluding hydrogens is 230 g/mol. The molecule has 0 aromatic heterocycles. The van der Waals surface area contributed by atoms with Crippen molar-refractivity contribution in [2.45, 2.75) is 13.0 Å². The zero-order valence-electron chi connectivity index (χ0n) is 11.1. The van der Waals surface area contributed by atoms with E-state index in [2.05, 4.69) is 10.6 Å². The predicted molar refractivity (Wildman–Crippen MR) is 72.7 cm³/mol. The van der Waals surface area contributed by atoms with Crippen LogP contribution >= 0.6 is 0 Å². The molecule has 0 saturated carbocycles. The first-order chi connectivity index (χ1) is 8.49. The van der Waals surface area contributed by atoms with Crippen LogP contribution in [-0.4, -0.2) is 43.2 Å². The van der Waals surface area contributed by atoms with E-state index in [4.69, 9.17) is 0 Å². The summed E-state index contributed by atoms with van der Waals surface area (Å²) < 4.78 is 0. The molecule has 5 heteroatoms. The molecule has 5 nitrogen and oxygen atoms in total. The van der Waals surface area contributed by atoms with Gasteiger partial charge >= 0.3 is 6.03 Å². The van der Waals surface area contributed by atoms with Gasteiger partial charge in [0.15, 0.2) is 0 Å². The molecule has 0 radical (unpaired) electrons. The summed E-state index contributed by atoms with van der Waals surface area (Å²) >= 11 is 0. The van der Waals surface area contributed by atoms with E-state index in [1.807, 2.05) is 25.1 Å². The summed E-state index contributed by atoms with van der Waals surface area (Å²) in [6, 6.07) is 6.94. The lowest BCUT2D eigenvalue weighted by Gasteiger charge is -2.12. The molecule has 1 rings (SSSR count). The summed E-state index contributed by atoms with van der Waals surface area (Å²) in [5, 5.41) is 14.9. The van der Waals surface area contributed by atoms with Crippen LogP contribution in [0.15, 0.2) is 24.3 Å². The largest absolute Gasteiger partial charge is 0.389 e. The molecule has 0 spiro atoms. The van der Waals surface area contributed by atoms with Gasteiger partial charge in [-0.25, -0.2) is 4.79 Å². The van der Waals surface area contributed by atoms with Gasteiger partial charge in [0.1, 0.15) is 0 Å². The fraction of sp³-hybridized carbons (Fsp3) is 0.462. The third kappa shape index (κ3) is 5.16. The maximum absolute atomic E-state index is 11.6. The van der Waals surface area contributed by atoms with Crippen LogP contribution in [-0.2, 0) is 0 Å². The molecule has 0 aliphatic rings. The number of carbonyl (C=O) groups is 1. The summed E-state index contributed by atoms with van der Waals surface area (Å²) in [4.78, 5) is 13.6. The highest BCUT2D eigenvalue weighted by Gasteiger charge is 2.04. The first-order valence-electron chi connectivity index (χ1n) is 5.96. The quantitative estimate of drug-likeness (QED) is 0.741. The molecule has 0 fully saturated rings. The van der Waals surface area contributed by atoms with Crippen molar-refractivity contribution < 1.29 is 9.90 Å². The average Bonchev–Trinajstić information content (AvgIpc) is 2.28. The summed E-state index contributed by atoms with van der Waals surface area (Å²) in [6.07, 6.45) is -0.538. The van der Waals surface area contributed by atoms with Crippen molar-refractivity contribution in [2.75, 3.05) is 32.5 Å². The molecule has 0 bridgehead atoms. The van der Waals surface area contributed by atoms with Gasteiger partial charge in [-0.15, -0.1) is 0 Å². The lowest BCUT2D eigenvalue weighted by Crippen LogP contribution is -2.34. The van der Waals surface area contributed by atoms with Crippen LogP contribution in [0.25, 0.3) is 0 Å². The first-order valence-corrected chi connectivity index (χ1v) is 5.96. The van der Waals surface area contributed by atoms with Crippen LogP contribution in [0.1, 0.15) is 18.6 Å². The Morgan fingerprint density at radius 2 is 2.17 bits per heavy atom. The summed E-state index contributed by atoms with van der Waals surface area (Å²) in [7, 11) is 3.90. The molecule has 0 aliphatic carbocycles. The van der Waals surface area contributed by atoms with Gasteiger partial charge in [-0.3, -0.25) is 0 Å². The number of rotatable bonds is 5. The minimum absolute atomic E-state index is 0.236. The summed E-state index contributed by atoms with van der Waals surface area (Å²) in [5.74, 6) is 0. The number of hydrogen-bond donors (Lipinski definition) is 3. The number of nitrogens with zero attached hydrogens (tertiary/aromatic N) is 1. The normalized spacial score (nSPS) is 12.3. The van der Waals surface area contributed by atoms with E-state index in [9.17, 15) is 9.90 Å². The van der Waals surface area contributed by atoms with Crippen LogP contribution in [0.2, 0.25) is 0 Å². The minimum Gasteiger partial charge on any atom is -0.389 e. The lowest BCUT2D eigenvalue weighted by atomic mass is 10.1. The van der Waals surface area contributed by atoms with Crippen molar-refractivity contribution in [3.8, 4) is 0 Å². The molecule has 18 heavy (non-hydrogen) atoms. The van der Waals surface area contributed by atoms with Gasteiger partial charge in [0.25, 0.3) is 0 Å². The Kier molecular flexibility index (Phi) is 5.61. The lowest BCUT2D eigenvalue weighted by molar-refractivity contribution is 0.199. The molecule has 0 aliphatic heterocycles. The number of hydrogen-bond acceptors (Lipinski definition) is 3. The highest BCUT2D eigenvalue weighted by molar-refractivity contribution is 5.89. The van der Waals surface area contributed by atoms with Crippen molar-refractivity contribution in [3.05, 3.63) is 29.8 Å². The van der Waals surface area contributed by atoms with Gasteiger partial charge < -0.3 is 20.6 Å². The zero-order chi connectivity index (χ0) is 13.5. The second-order valence-corrected chi connectivity index (χ2v) is 4.49. The van der Waals surface area contributed by atoms with Crippen molar-refractivity contribution in [2.24, 2.45) is 0 Å². The highest BCUT2D eigenvalue weighted by Crippen LogP contribution is 2.16. The van der Waals surface area contributed by atoms with Gasteiger partial charge in [0.2, 0.25) is 0 Å². The number of carbonyl (C=O) groups excluding carboxylic acids is 1. The molecular formula is C13H21N3O2. The monoisotopic (exact) mass is 251 g/mol. The Bertz CT molecular complexity index is 392. The van der Waals surface area contributed by atoms with Gasteiger partial charge in [0.05, 0.1) is 6.10 Å². The number of aliphatic hydroxyl groups is 1. The van der Waals surface area contributed by atoms with Crippen LogP contribution in [0, 0.1) is 0 Å². The van der Waals surface area contributed by atoms with Crippen LogP contribution in [0.3, 0.4) is 0 Å². The van der Waals surface area contributed by atoms with Gasteiger partial charge in [-0.05, 0) is 38.7 Å². The van der Waals surface area contributed by atoms with E-state index in [0.29, 0.717) is 12.2 Å². The molecule has 0 heterocycles. The number of amides is 2. The third-order valence-electron chi connectivity index (χ3n) is 2.47. The van der Waals surface area contributed by atoms with Crippen LogP contribution < -0.4 is 10.6 Å². The van der Waals surface area contributed by atoms with Gasteiger partial charge in [0, 0.05) is 18.8 Å². The molecule has 100 valence electrons. The molecule has 2 amide bonds. The first kappa shape index (κ1) is 14.5. The van der Waals surface area contributed by atoms with E-state index in [1.54, 1.807) is 25.1 Å². The van der Waals surface area contributed by atoms with Crippen LogP contribution in [0.5, 0.6) is 0 Å². The fourth-order valence-electron chi connectivity index (χ4n) is 1.44. The number of likely N-dealkylation sites (N-methyl/N-ethyl adjacent to an activating group) is 1. The van der Waals surface area contributed by atoms with Crippen molar-refractivity contribution >= 4 is 11.7 Å². The molecule has 0 saturated heterocycles. The Morgan fingerprint density at radius 3 is 2.78 bits per heavy atom. The number of urea groups is 1. The number of benzene rings is 1. The third-order valence-corrected chi connectivity index (χ3v) is 2.47. The van der Waals surface area contributed by atoms with E-state index >= 15 is 0 Å². The summed E-state index contributed by atoms with van der Waals surface area (Å²) in [6.45, 7) is 3.08. The topological polar surface area (TPSA) is 64.6 Å². The SMILES string of the molecule is CC(O)c1cccc(NC(=O)NCCN(C)C)c1. The smallest absolute Gasteiger partial charge is 0.319 e. The Morgan fingerprint density at radius 1 is 1.44 bits per heavy atom. The second-order valence-electron chi connectivity index (χ2n) is 4.49. The maximum atomic E-state index is 11.6. The fourth-order valence-corrected chi connectivity index (χ4v) is 1.44. The molecule has 1 aromatic carbocycles. The van der Waals surface area contributed by atoms with Gasteiger partial charge in [-0.1, -0.05) is 12.1 Å². The molecule has 3 N–H and O–H groups in total. The van der Waals surface area contributed by atoms with Gasteiger partial charge in [-0.2, -0.15) is 0 Å². The molecule has 1 atom stereocenters. The van der Waals surface area contributed by atoms with E-state index in [0.717, 1.165) is 12.1 Å². The van der Waals surface area contributed by atoms with Crippen LogP contribution in [0.4, 0.5) is 10.5 Å². The number of aliphatic hydroxyl groups excluding tert-OH is 1. The van der Waals surface area contributed by atoms with E-state index in [-0.39, 0.29) is 6.03 Å². The molecule has 1 unspecified atom stereocenters. The number of nitrogens with one attached hydrogen (secondary N) is 2. The average molecular weight is 251 g/mol. The second kappa shape index (κ2) is 6.98. The number of anilines is 1. The Hall–Kier alpha value is -1.59. The zero-order valence-corrected chi connectivity index (χ0v) is 11.1. The minimum atomic E-state index is -0.538. The maximum Gasteiger partial charge on any atom is 0.319 e. The molecule has 1 aromatic rings.